The zero-order chi connectivity index (χ0) is 15.9. The lowest BCUT2D eigenvalue weighted by Gasteiger charge is -2.24. The SMILES string of the molecule is CCC(CC)C(O)c1cccc(C)c1OCc1ccccc1. The van der Waals surface area contributed by atoms with Crippen molar-refractivity contribution in [3.05, 3.63) is 65.2 Å². The summed E-state index contributed by atoms with van der Waals surface area (Å²) >= 11 is 0. The summed E-state index contributed by atoms with van der Waals surface area (Å²) < 4.78 is 6.05. The normalized spacial score (nSPS) is 12.4. The van der Waals surface area contributed by atoms with E-state index in [0.29, 0.717) is 6.61 Å². The van der Waals surface area contributed by atoms with Crippen LogP contribution in [0.25, 0.3) is 0 Å². The Kier molecular flexibility index (Phi) is 6.02. The summed E-state index contributed by atoms with van der Waals surface area (Å²) in [7, 11) is 0. The largest absolute Gasteiger partial charge is 0.488 e. The van der Waals surface area contributed by atoms with Crippen LogP contribution in [0.2, 0.25) is 0 Å². The molecule has 0 bridgehead atoms. The van der Waals surface area contributed by atoms with Crippen LogP contribution < -0.4 is 4.74 Å². The Morgan fingerprint density at radius 2 is 1.64 bits per heavy atom. The zero-order valence-corrected chi connectivity index (χ0v) is 13.8. The topological polar surface area (TPSA) is 29.5 Å². The highest BCUT2D eigenvalue weighted by Crippen LogP contribution is 2.35. The van der Waals surface area contributed by atoms with Crippen LogP contribution in [-0.4, -0.2) is 5.11 Å². The number of aryl methyl sites for hydroxylation is 1. The van der Waals surface area contributed by atoms with Gasteiger partial charge in [-0.15, -0.1) is 0 Å². The smallest absolute Gasteiger partial charge is 0.128 e. The molecule has 22 heavy (non-hydrogen) atoms. The number of aliphatic hydroxyl groups is 1. The van der Waals surface area contributed by atoms with Crippen molar-refractivity contribution in [2.24, 2.45) is 5.92 Å². The number of rotatable bonds is 7. The van der Waals surface area contributed by atoms with E-state index in [0.717, 1.165) is 35.3 Å². The van der Waals surface area contributed by atoms with Crippen molar-refractivity contribution < 1.29 is 9.84 Å². The van der Waals surface area contributed by atoms with Crippen LogP contribution in [0.1, 0.15) is 49.5 Å². The molecule has 0 fully saturated rings. The average Bonchev–Trinajstić information content (AvgIpc) is 2.55. The summed E-state index contributed by atoms with van der Waals surface area (Å²) in [5.74, 6) is 1.09. The molecule has 0 aliphatic heterocycles. The second-order valence-electron chi connectivity index (χ2n) is 5.79. The maximum atomic E-state index is 10.7. The molecule has 0 aliphatic rings. The van der Waals surface area contributed by atoms with E-state index in [-0.39, 0.29) is 5.92 Å². The lowest BCUT2D eigenvalue weighted by atomic mass is 9.90. The predicted octanol–water partition coefficient (Wildman–Crippen LogP) is 5.04. The Labute approximate surface area is 133 Å². The first-order valence-electron chi connectivity index (χ1n) is 8.11. The maximum absolute atomic E-state index is 10.7. The molecule has 1 atom stereocenters. The molecule has 2 rings (SSSR count). The molecular formula is C20H26O2. The van der Waals surface area contributed by atoms with Gasteiger partial charge in [0.05, 0.1) is 6.10 Å². The first kappa shape index (κ1) is 16.6. The fourth-order valence-corrected chi connectivity index (χ4v) is 2.82. The minimum atomic E-state index is -0.472. The van der Waals surface area contributed by atoms with Crippen LogP contribution in [0, 0.1) is 12.8 Å². The number of hydrogen-bond acceptors (Lipinski definition) is 2. The monoisotopic (exact) mass is 298 g/mol. The fraction of sp³-hybridized carbons (Fsp3) is 0.400. The molecule has 2 heteroatoms. The molecule has 0 heterocycles. The summed E-state index contributed by atoms with van der Waals surface area (Å²) in [4.78, 5) is 0. The Morgan fingerprint density at radius 1 is 0.955 bits per heavy atom. The van der Waals surface area contributed by atoms with Crippen LogP contribution >= 0.6 is 0 Å². The van der Waals surface area contributed by atoms with E-state index >= 15 is 0 Å². The van der Waals surface area contributed by atoms with Gasteiger partial charge < -0.3 is 9.84 Å². The van der Waals surface area contributed by atoms with Gasteiger partial charge in [-0.2, -0.15) is 0 Å². The van der Waals surface area contributed by atoms with E-state index in [1.54, 1.807) is 0 Å². The van der Waals surface area contributed by atoms with Crippen molar-refractivity contribution >= 4 is 0 Å². The minimum Gasteiger partial charge on any atom is -0.488 e. The third-order valence-electron chi connectivity index (χ3n) is 4.28. The molecule has 1 N–H and O–H groups in total. The number of aliphatic hydroxyl groups excluding tert-OH is 1. The molecule has 0 aromatic heterocycles. The Hall–Kier alpha value is -1.80. The van der Waals surface area contributed by atoms with Crippen LogP contribution in [0.15, 0.2) is 48.5 Å². The van der Waals surface area contributed by atoms with Gasteiger partial charge >= 0.3 is 0 Å². The quantitative estimate of drug-likeness (QED) is 0.775. The van der Waals surface area contributed by atoms with Gasteiger partial charge in [-0.05, 0) is 24.0 Å². The average molecular weight is 298 g/mol. The predicted molar refractivity (Wildman–Crippen MR) is 91.0 cm³/mol. The molecule has 0 saturated heterocycles. The first-order chi connectivity index (χ1) is 10.7. The van der Waals surface area contributed by atoms with E-state index in [1.165, 1.54) is 0 Å². The van der Waals surface area contributed by atoms with E-state index in [2.05, 4.69) is 26.0 Å². The van der Waals surface area contributed by atoms with Gasteiger partial charge in [0.1, 0.15) is 12.4 Å². The molecular weight excluding hydrogens is 272 g/mol. The van der Waals surface area contributed by atoms with Gasteiger partial charge in [0.2, 0.25) is 0 Å². The van der Waals surface area contributed by atoms with Crippen molar-refractivity contribution in [2.75, 3.05) is 0 Å². The highest BCUT2D eigenvalue weighted by atomic mass is 16.5. The van der Waals surface area contributed by atoms with Crippen molar-refractivity contribution in [1.82, 2.24) is 0 Å². The molecule has 118 valence electrons. The van der Waals surface area contributed by atoms with Crippen molar-refractivity contribution in [3.8, 4) is 5.75 Å². The zero-order valence-electron chi connectivity index (χ0n) is 13.8. The molecule has 2 aromatic rings. The van der Waals surface area contributed by atoms with E-state index in [1.807, 2.05) is 43.3 Å². The molecule has 0 radical (unpaired) electrons. The lowest BCUT2D eigenvalue weighted by Crippen LogP contribution is -2.13. The standard InChI is InChI=1S/C20H26O2/c1-4-17(5-2)19(21)18-13-9-10-15(3)20(18)22-14-16-11-7-6-8-12-16/h6-13,17,19,21H,4-5,14H2,1-3H3. The van der Waals surface area contributed by atoms with Crippen molar-refractivity contribution in [1.29, 1.82) is 0 Å². The van der Waals surface area contributed by atoms with E-state index < -0.39 is 6.10 Å². The van der Waals surface area contributed by atoms with E-state index in [4.69, 9.17) is 4.74 Å². The number of ether oxygens (including phenoxy) is 1. The van der Waals surface area contributed by atoms with Gasteiger partial charge in [0.15, 0.2) is 0 Å². The van der Waals surface area contributed by atoms with Gasteiger partial charge in [-0.3, -0.25) is 0 Å². The van der Waals surface area contributed by atoms with Gasteiger partial charge in [-0.1, -0.05) is 75.2 Å². The second kappa shape index (κ2) is 8.00. The van der Waals surface area contributed by atoms with Crippen molar-refractivity contribution in [3.63, 3.8) is 0 Å². The Morgan fingerprint density at radius 3 is 2.27 bits per heavy atom. The number of hydrogen-bond donors (Lipinski definition) is 1. The molecule has 0 saturated carbocycles. The maximum Gasteiger partial charge on any atom is 0.128 e. The molecule has 0 aliphatic carbocycles. The summed E-state index contributed by atoms with van der Waals surface area (Å²) in [5.41, 5.74) is 3.11. The summed E-state index contributed by atoms with van der Waals surface area (Å²) in [6.45, 7) is 6.80. The molecule has 0 spiro atoms. The van der Waals surface area contributed by atoms with E-state index in [9.17, 15) is 5.11 Å². The van der Waals surface area contributed by atoms with Gasteiger partial charge in [0, 0.05) is 5.56 Å². The number of para-hydroxylation sites is 1. The fourth-order valence-electron chi connectivity index (χ4n) is 2.82. The first-order valence-corrected chi connectivity index (χ1v) is 8.11. The highest BCUT2D eigenvalue weighted by Gasteiger charge is 2.22. The third-order valence-corrected chi connectivity index (χ3v) is 4.28. The molecule has 1 unspecified atom stereocenters. The Balaban J connectivity index is 2.23. The summed E-state index contributed by atoms with van der Waals surface area (Å²) in [5, 5.41) is 10.7. The summed E-state index contributed by atoms with van der Waals surface area (Å²) in [6, 6.07) is 16.1. The number of benzene rings is 2. The van der Waals surface area contributed by atoms with Gasteiger partial charge in [0.25, 0.3) is 0 Å². The van der Waals surface area contributed by atoms with Crippen LogP contribution in [-0.2, 0) is 6.61 Å². The van der Waals surface area contributed by atoms with Gasteiger partial charge in [-0.25, -0.2) is 0 Å². The minimum absolute atomic E-state index is 0.265. The van der Waals surface area contributed by atoms with Crippen molar-refractivity contribution in [2.45, 2.75) is 46.3 Å². The Bertz CT molecular complexity index is 574. The van der Waals surface area contributed by atoms with Crippen LogP contribution in [0.3, 0.4) is 0 Å². The molecule has 2 nitrogen and oxygen atoms in total. The second-order valence-corrected chi connectivity index (χ2v) is 5.79. The lowest BCUT2D eigenvalue weighted by molar-refractivity contribution is 0.0989. The van der Waals surface area contributed by atoms with Crippen LogP contribution in [0.5, 0.6) is 5.75 Å². The van der Waals surface area contributed by atoms with Crippen LogP contribution in [0.4, 0.5) is 0 Å². The third kappa shape index (κ3) is 3.89. The molecule has 2 aromatic carbocycles. The summed E-state index contributed by atoms with van der Waals surface area (Å²) in [6.07, 6.45) is 1.45. The molecule has 0 amide bonds. The highest BCUT2D eigenvalue weighted by molar-refractivity contribution is 5.42.